The second kappa shape index (κ2) is 7.06. The van der Waals surface area contributed by atoms with Gasteiger partial charge in [0.15, 0.2) is 6.10 Å². The van der Waals surface area contributed by atoms with Crippen LogP contribution in [0.15, 0.2) is 53.4 Å². The van der Waals surface area contributed by atoms with Gasteiger partial charge in [-0.25, -0.2) is 8.42 Å². The number of anilines is 1. The third-order valence-electron chi connectivity index (χ3n) is 5.24. The van der Waals surface area contributed by atoms with Crippen LogP contribution in [0, 0.1) is 0 Å². The molecule has 0 aromatic heterocycles. The van der Waals surface area contributed by atoms with E-state index in [-0.39, 0.29) is 28.8 Å². The van der Waals surface area contributed by atoms with E-state index < -0.39 is 16.1 Å². The Kier molecular flexibility index (Phi) is 4.81. The first-order valence-corrected chi connectivity index (χ1v) is 11.3. The fraction of sp³-hybridized carbons (Fsp3) is 0.409. The topological polar surface area (TPSA) is 75.7 Å². The summed E-state index contributed by atoms with van der Waals surface area (Å²) in [7, 11) is -3.84. The number of hydrogen-bond donors (Lipinski definition) is 1. The van der Waals surface area contributed by atoms with Crippen molar-refractivity contribution in [2.45, 2.75) is 56.1 Å². The van der Waals surface area contributed by atoms with Crippen LogP contribution in [0.4, 0.5) is 5.69 Å². The van der Waals surface area contributed by atoms with Gasteiger partial charge in [-0.2, -0.15) is 0 Å². The Morgan fingerprint density at radius 1 is 1.10 bits per heavy atom. The summed E-state index contributed by atoms with van der Waals surface area (Å²) >= 11 is 0. The maximum atomic E-state index is 13.5. The molecule has 1 aliphatic heterocycles. The van der Waals surface area contributed by atoms with E-state index in [0.717, 1.165) is 18.4 Å². The normalized spacial score (nSPS) is 19.3. The SMILES string of the molecule is CC(C)(C)c1ccc2c(c1)N(S(=O)(=O)c1ccccc1)CC(C(=O)NC1CC1)O2. The quantitative estimate of drug-likeness (QED) is 0.834. The van der Waals surface area contributed by atoms with Gasteiger partial charge in [-0.3, -0.25) is 9.10 Å². The molecule has 1 atom stereocenters. The Balaban J connectivity index is 1.77. The van der Waals surface area contributed by atoms with Crippen LogP contribution in [-0.4, -0.2) is 33.0 Å². The molecule has 1 amide bonds. The third kappa shape index (κ3) is 3.96. The molecule has 154 valence electrons. The summed E-state index contributed by atoms with van der Waals surface area (Å²) in [5, 5.41) is 2.92. The van der Waals surface area contributed by atoms with Gasteiger partial charge in [-0.15, -0.1) is 0 Å². The molecule has 0 spiro atoms. The van der Waals surface area contributed by atoms with Crippen LogP contribution in [-0.2, 0) is 20.2 Å². The van der Waals surface area contributed by atoms with Crippen molar-refractivity contribution in [2.75, 3.05) is 10.8 Å². The lowest BCUT2D eigenvalue weighted by Gasteiger charge is -2.36. The summed E-state index contributed by atoms with van der Waals surface area (Å²) in [6.45, 7) is 6.15. The van der Waals surface area contributed by atoms with Crippen molar-refractivity contribution in [1.29, 1.82) is 0 Å². The minimum absolute atomic E-state index is 0.0591. The molecule has 0 radical (unpaired) electrons. The Labute approximate surface area is 171 Å². The smallest absolute Gasteiger partial charge is 0.264 e. The van der Waals surface area contributed by atoms with E-state index in [1.165, 1.54) is 4.31 Å². The first-order valence-electron chi connectivity index (χ1n) is 9.85. The van der Waals surface area contributed by atoms with E-state index in [1.807, 2.05) is 12.1 Å². The fourth-order valence-corrected chi connectivity index (χ4v) is 4.81. The van der Waals surface area contributed by atoms with E-state index in [0.29, 0.717) is 11.4 Å². The number of carbonyl (C=O) groups is 1. The highest BCUT2D eigenvalue weighted by atomic mass is 32.2. The number of amides is 1. The Morgan fingerprint density at radius 3 is 2.41 bits per heavy atom. The van der Waals surface area contributed by atoms with Crippen LogP contribution < -0.4 is 14.4 Å². The van der Waals surface area contributed by atoms with Crippen molar-refractivity contribution < 1.29 is 17.9 Å². The number of sulfonamides is 1. The van der Waals surface area contributed by atoms with Crippen molar-refractivity contribution >= 4 is 21.6 Å². The second-order valence-corrected chi connectivity index (χ2v) is 10.5. The van der Waals surface area contributed by atoms with Gasteiger partial charge in [0.1, 0.15) is 5.75 Å². The first kappa shape index (κ1) is 19.8. The van der Waals surface area contributed by atoms with Gasteiger partial charge in [0.05, 0.1) is 17.1 Å². The zero-order valence-electron chi connectivity index (χ0n) is 16.9. The molecule has 1 heterocycles. The lowest BCUT2D eigenvalue weighted by Crippen LogP contribution is -2.51. The standard InChI is InChI=1S/C22H26N2O4S/c1-22(2,3)15-9-12-19-18(13-15)24(29(26,27)17-7-5-4-6-8-17)14-20(28-19)21(25)23-16-10-11-16/h4-9,12-13,16,20H,10-11,14H2,1-3H3,(H,23,25). The van der Waals surface area contributed by atoms with Crippen molar-refractivity contribution in [1.82, 2.24) is 5.32 Å². The van der Waals surface area contributed by atoms with Crippen LogP contribution in [0.3, 0.4) is 0 Å². The summed E-state index contributed by atoms with van der Waals surface area (Å²) in [6, 6.07) is 14.0. The van der Waals surface area contributed by atoms with E-state index in [4.69, 9.17) is 4.74 Å². The molecule has 7 heteroatoms. The molecule has 0 bridgehead atoms. The minimum Gasteiger partial charge on any atom is -0.476 e. The van der Waals surface area contributed by atoms with E-state index in [1.54, 1.807) is 36.4 Å². The average Bonchev–Trinajstić information content (AvgIpc) is 3.50. The molecular formula is C22H26N2O4S. The first-order chi connectivity index (χ1) is 13.7. The molecule has 4 rings (SSSR count). The molecule has 29 heavy (non-hydrogen) atoms. The highest BCUT2D eigenvalue weighted by Gasteiger charge is 2.39. The van der Waals surface area contributed by atoms with Crippen molar-refractivity contribution in [3.63, 3.8) is 0 Å². The maximum Gasteiger partial charge on any atom is 0.264 e. The molecule has 1 N–H and O–H groups in total. The number of benzene rings is 2. The molecule has 0 saturated heterocycles. The molecule has 2 aromatic carbocycles. The average molecular weight is 415 g/mol. The van der Waals surface area contributed by atoms with Crippen LogP contribution in [0.2, 0.25) is 0 Å². The second-order valence-electron chi connectivity index (χ2n) is 8.67. The minimum atomic E-state index is -3.84. The molecule has 1 saturated carbocycles. The maximum absolute atomic E-state index is 13.5. The molecule has 1 fully saturated rings. The zero-order valence-corrected chi connectivity index (χ0v) is 17.7. The molecule has 1 aliphatic carbocycles. The van der Waals surface area contributed by atoms with Crippen molar-refractivity contribution in [2.24, 2.45) is 0 Å². The summed E-state index contributed by atoms with van der Waals surface area (Å²) in [5.74, 6) is 0.131. The Bertz CT molecular complexity index is 1020. The van der Waals surface area contributed by atoms with Gasteiger partial charge >= 0.3 is 0 Å². The summed E-state index contributed by atoms with van der Waals surface area (Å²) in [5.41, 5.74) is 1.31. The van der Waals surface area contributed by atoms with Crippen LogP contribution >= 0.6 is 0 Å². The van der Waals surface area contributed by atoms with E-state index >= 15 is 0 Å². The van der Waals surface area contributed by atoms with Gasteiger partial charge in [0.25, 0.3) is 15.9 Å². The predicted octanol–water partition coefficient (Wildman–Crippen LogP) is 3.22. The third-order valence-corrected chi connectivity index (χ3v) is 7.04. The molecule has 1 unspecified atom stereocenters. The van der Waals surface area contributed by atoms with Crippen LogP contribution in [0.5, 0.6) is 5.75 Å². The van der Waals surface area contributed by atoms with Crippen LogP contribution in [0.25, 0.3) is 0 Å². The van der Waals surface area contributed by atoms with Gasteiger partial charge in [-0.1, -0.05) is 45.0 Å². The number of hydrogen-bond acceptors (Lipinski definition) is 4. The zero-order chi connectivity index (χ0) is 20.8. The number of ether oxygens (including phenoxy) is 1. The van der Waals surface area contributed by atoms with Gasteiger partial charge in [0, 0.05) is 6.04 Å². The predicted molar refractivity (Wildman–Crippen MR) is 112 cm³/mol. The number of fused-ring (bicyclic) bond motifs is 1. The lowest BCUT2D eigenvalue weighted by molar-refractivity contribution is -0.127. The van der Waals surface area contributed by atoms with E-state index in [9.17, 15) is 13.2 Å². The van der Waals surface area contributed by atoms with Gasteiger partial charge < -0.3 is 10.1 Å². The van der Waals surface area contributed by atoms with Crippen LogP contribution in [0.1, 0.15) is 39.2 Å². The summed E-state index contributed by atoms with van der Waals surface area (Å²) in [4.78, 5) is 12.8. The molecular weight excluding hydrogens is 388 g/mol. The Morgan fingerprint density at radius 2 is 1.79 bits per heavy atom. The van der Waals surface area contributed by atoms with Gasteiger partial charge in [0.2, 0.25) is 0 Å². The highest BCUT2D eigenvalue weighted by Crippen LogP contribution is 2.40. The van der Waals surface area contributed by atoms with Gasteiger partial charge in [-0.05, 0) is 48.1 Å². The number of carbonyl (C=O) groups excluding carboxylic acids is 1. The number of nitrogens with zero attached hydrogens (tertiary/aromatic N) is 1. The number of rotatable bonds is 4. The molecule has 6 nitrogen and oxygen atoms in total. The summed E-state index contributed by atoms with van der Waals surface area (Å²) < 4.78 is 34.2. The molecule has 2 aromatic rings. The number of nitrogens with one attached hydrogen (secondary N) is 1. The molecule has 2 aliphatic rings. The van der Waals surface area contributed by atoms with Crippen molar-refractivity contribution in [3.05, 3.63) is 54.1 Å². The highest BCUT2D eigenvalue weighted by molar-refractivity contribution is 7.92. The van der Waals surface area contributed by atoms with Crippen molar-refractivity contribution in [3.8, 4) is 5.75 Å². The summed E-state index contributed by atoms with van der Waals surface area (Å²) in [6.07, 6.45) is 1.02. The Hall–Kier alpha value is -2.54. The largest absolute Gasteiger partial charge is 0.476 e. The van der Waals surface area contributed by atoms with E-state index in [2.05, 4.69) is 26.1 Å². The monoisotopic (exact) mass is 414 g/mol. The fourth-order valence-electron chi connectivity index (χ4n) is 3.32. The lowest BCUT2D eigenvalue weighted by atomic mass is 9.86.